The van der Waals surface area contributed by atoms with Crippen LogP contribution in [0.2, 0.25) is 0 Å². The second kappa shape index (κ2) is 12.1. The van der Waals surface area contributed by atoms with Gasteiger partial charge in [-0.3, -0.25) is 0 Å². The number of hydrogen-bond donors (Lipinski definition) is 1. The van der Waals surface area contributed by atoms with E-state index in [0.717, 1.165) is 28.6 Å². The number of pyridine rings is 2. The van der Waals surface area contributed by atoms with Gasteiger partial charge in [-0.2, -0.15) is 0 Å². The Labute approximate surface area is 177 Å². The quantitative estimate of drug-likeness (QED) is 0.437. The van der Waals surface area contributed by atoms with Crippen molar-refractivity contribution >= 4 is 28.8 Å². The molecule has 0 atom stereocenters. The Morgan fingerprint density at radius 1 is 1.07 bits per heavy atom. The van der Waals surface area contributed by atoms with E-state index in [9.17, 15) is 4.79 Å². The van der Waals surface area contributed by atoms with Crippen LogP contribution in [0.5, 0.6) is 0 Å². The molecule has 1 N–H and O–H groups in total. The maximum absolute atomic E-state index is 9.44. The number of aryl methyl sites for hydroxylation is 2. The molecule has 3 rings (SSSR count). The van der Waals surface area contributed by atoms with Crippen LogP contribution in [0, 0.1) is 6.92 Å². The van der Waals surface area contributed by atoms with Crippen molar-refractivity contribution in [1.82, 2.24) is 15.0 Å². The largest absolute Gasteiger partial charge is 0.325 e. The Hall–Kier alpha value is -2.60. The van der Waals surface area contributed by atoms with Gasteiger partial charge in [0.1, 0.15) is 17.4 Å². The van der Waals surface area contributed by atoms with Crippen LogP contribution in [0.15, 0.2) is 42.7 Å². The first-order valence-electron chi connectivity index (χ1n) is 10.1. The number of hydrogen-bond acceptors (Lipinski definition) is 6. The van der Waals surface area contributed by atoms with E-state index in [-0.39, 0.29) is 5.78 Å². The highest BCUT2D eigenvalue weighted by atomic mass is 32.1. The van der Waals surface area contributed by atoms with E-state index in [4.69, 9.17) is 4.98 Å². The molecule has 0 aliphatic carbocycles. The van der Waals surface area contributed by atoms with Crippen molar-refractivity contribution in [1.29, 1.82) is 0 Å². The summed E-state index contributed by atoms with van der Waals surface area (Å²) in [5, 5.41) is 4.47. The van der Waals surface area contributed by atoms with Crippen molar-refractivity contribution in [3.63, 3.8) is 0 Å². The summed E-state index contributed by atoms with van der Waals surface area (Å²) in [5.41, 5.74) is 2.12. The molecule has 0 aliphatic rings. The van der Waals surface area contributed by atoms with Crippen LogP contribution in [0.3, 0.4) is 0 Å². The van der Waals surface area contributed by atoms with E-state index in [1.165, 1.54) is 50.1 Å². The molecule has 29 heavy (non-hydrogen) atoms. The lowest BCUT2D eigenvalue weighted by Gasteiger charge is -2.06. The summed E-state index contributed by atoms with van der Waals surface area (Å²) in [6, 6.07) is 9.99. The summed E-state index contributed by atoms with van der Waals surface area (Å²) in [6.07, 6.45) is 9.88. The molecule has 0 fully saturated rings. The van der Waals surface area contributed by atoms with E-state index < -0.39 is 0 Å². The van der Waals surface area contributed by atoms with Gasteiger partial charge in [-0.05, 0) is 63.4 Å². The minimum atomic E-state index is 0.167. The van der Waals surface area contributed by atoms with Crippen LogP contribution < -0.4 is 5.32 Å². The lowest BCUT2D eigenvalue weighted by Crippen LogP contribution is -1.96. The van der Waals surface area contributed by atoms with Crippen LogP contribution in [0.25, 0.3) is 10.6 Å². The number of unbranched alkanes of at least 4 members (excludes halogenated alkanes) is 3. The number of carbonyl (C=O) groups excluding carboxylic acids is 1. The highest BCUT2D eigenvalue weighted by Gasteiger charge is 2.07. The third kappa shape index (κ3) is 8.52. The zero-order valence-electron chi connectivity index (χ0n) is 17.7. The Morgan fingerprint density at radius 2 is 1.86 bits per heavy atom. The predicted molar refractivity (Wildman–Crippen MR) is 122 cm³/mol. The lowest BCUT2D eigenvalue weighted by atomic mass is 10.2. The number of aromatic nitrogens is 3. The first kappa shape index (κ1) is 22.7. The summed E-state index contributed by atoms with van der Waals surface area (Å²) >= 11 is 1.74. The van der Waals surface area contributed by atoms with Crippen LogP contribution in [-0.4, -0.2) is 20.7 Å². The molecule has 3 aromatic heterocycles. The van der Waals surface area contributed by atoms with Gasteiger partial charge in [0.15, 0.2) is 0 Å². The van der Waals surface area contributed by atoms with Gasteiger partial charge in [-0.15, -0.1) is 11.3 Å². The molecule has 0 aromatic carbocycles. The highest BCUT2D eigenvalue weighted by molar-refractivity contribution is 7.15. The van der Waals surface area contributed by atoms with E-state index >= 15 is 0 Å². The Bertz CT molecular complexity index is 903. The van der Waals surface area contributed by atoms with Crippen LogP contribution in [0.4, 0.5) is 11.6 Å². The molecular formula is C23H30N4OS. The molecule has 0 unspecified atom stereocenters. The average Bonchev–Trinajstić information content (AvgIpc) is 3.14. The average molecular weight is 411 g/mol. The summed E-state index contributed by atoms with van der Waals surface area (Å²) in [4.78, 5) is 24.2. The normalized spacial score (nSPS) is 10.2. The van der Waals surface area contributed by atoms with E-state index in [1.54, 1.807) is 17.5 Å². The van der Waals surface area contributed by atoms with Gasteiger partial charge in [0.25, 0.3) is 0 Å². The fraction of sp³-hybridized carbons (Fsp3) is 0.391. The number of nitrogens with zero attached hydrogens (tertiary/aromatic N) is 3. The second-order valence-corrected chi connectivity index (χ2v) is 8.20. The molecule has 0 amide bonds. The third-order valence-electron chi connectivity index (χ3n) is 3.97. The molecule has 5 nitrogen and oxygen atoms in total. The summed E-state index contributed by atoms with van der Waals surface area (Å²) < 4.78 is 0. The Balaban J connectivity index is 0.000000687. The SMILES string of the molecule is CC(C)=O.CCCCCCc1ncc(-c2cccc(Nc3cc(C)ccn3)n2)s1. The van der Waals surface area contributed by atoms with E-state index in [2.05, 4.69) is 29.1 Å². The first-order valence-corrected chi connectivity index (χ1v) is 10.9. The van der Waals surface area contributed by atoms with Gasteiger partial charge < -0.3 is 10.1 Å². The van der Waals surface area contributed by atoms with Crippen molar-refractivity contribution in [3.05, 3.63) is 53.3 Å². The third-order valence-corrected chi connectivity index (χ3v) is 5.05. The molecule has 3 heterocycles. The molecule has 3 aromatic rings. The number of nitrogens with one attached hydrogen (secondary N) is 1. The zero-order valence-corrected chi connectivity index (χ0v) is 18.6. The highest BCUT2D eigenvalue weighted by Crippen LogP contribution is 2.27. The number of Topliss-reactive ketones (excluding diaryl/α,β-unsaturated/α-hetero) is 1. The second-order valence-electron chi connectivity index (χ2n) is 7.09. The fourth-order valence-corrected chi connectivity index (χ4v) is 3.55. The maximum Gasteiger partial charge on any atom is 0.132 e. The van der Waals surface area contributed by atoms with Crippen LogP contribution in [0.1, 0.15) is 57.0 Å². The zero-order chi connectivity index (χ0) is 21.1. The minimum absolute atomic E-state index is 0.167. The van der Waals surface area contributed by atoms with Gasteiger partial charge in [0.05, 0.1) is 15.6 Å². The molecule has 0 spiro atoms. The molecular weight excluding hydrogens is 380 g/mol. The number of rotatable bonds is 8. The summed E-state index contributed by atoms with van der Waals surface area (Å²) in [6.45, 7) is 7.34. The predicted octanol–water partition coefficient (Wildman–Crippen LogP) is 6.37. The molecule has 6 heteroatoms. The van der Waals surface area contributed by atoms with Gasteiger partial charge in [-0.25, -0.2) is 15.0 Å². The van der Waals surface area contributed by atoms with Gasteiger partial charge >= 0.3 is 0 Å². The molecule has 0 saturated carbocycles. The van der Waals surface area contributed by atoms with Crippen molar-refractivity contribution < 1.29 is 4.79 Å². The molecule has 0 bridgehead atoms. The molecule has 0 aliphatic heterocycles. The van der Waals surface area contributed by atoms with Crippen molar-refractivity contribution in [2.24, 2.45) is 0 Å². The Kier molecular flexibility index (Phi) is 9.44. The van der Waals surface area contributed by atoms with E-state index in [0.29, 0.717) is 0 Å². The molecule has 0 radical (unpaired) electrons. The number of thiazole rings is 1. The summed E-state index contributed by atoms with van der Waals surface area (Å²) in [5.74, 6) is 1.78. The topological polar surface area (TPSA) is 67.8 Å². The monoisotopic (exact) mass is 410 g/mol. The standard InChI is InChI=1S/C20H24N4S.C3H6O/c1-3-4-5-6-10-20-22-14-17(25-20)16-8-7-9-18(23-16)24-19-13-15(2)11-12-21-19;1-3(2)4/h7-9,11-14H,3-6,10H2,1-2H3,(H,21,23,24);1-2H3. The smallest absolute Gasteiger partial charge is 0.132 e. The Morgan fingerprint density at radius 3 is 2.59 bits per heavy atom. The van der Waals surface area contributed by atoms with Crippen molar-refractivity contribution in [3.8, 4) is 10.6 Å². The number of carbonyl (C=O) groups is 1. The first-order chi connectivity index (χ1) is 14.0. The lowest BCUT2D eigenvalue weighted by molar-refractivity contribution is -0.114. The van der Waals surface area contributed by atoms with Gasteiger partial charge in [0.2, 0.25) is 0 Å². The van der Waals surface area contributed by atoms with Crippen molar-refractivity contribution in [2.45, 2.75) is 59.8 Å². The molecule has 0 saturated heterocycles. The minimum Gasteiger partial charge on any atom is -0.325 e. The fourth-order valence-electron chi connectivity index (χ4n) is 2.62. The molecule has 154 valence electrons. The van der Waals surface area contributed by atoms with Crippen molar-refractivity contribution in [2.75, 3.05) is 5.32 Å². The van der Waals surface area contributed by atoms with Gasteiger partial charge in [0, 0.05) is 12.4 Å². The van der Waals surface area contributed by atoms with Crippen LogP contribution >= 0.6 is 11.3 Å². The maximum atomic E-state index is 9.44. The van der Waals surface area contributed by atoms with Gasteiger partial charge in [-0.1, -0.05) is 32.3 Å². The van der Waals surface area contributed by atoms with Crippen LogP contribution in [-0.2, 0) is 11.2 Å². The number of anilines is 2. The number of ketones is 1. The van der Waals surface area contributed by atoms with E-state index in [1.807, 2.05) is 36.5 Å². The summed E-state index contributed by atoms with van der Waals surface area (Å²) in [7, 11) is 0.